The molecule has 0 spiro atoms. The lowest BCUT2D eigenvalue weighted by atomic mass is 9.91. The van der Waals surface area contributed by atoms with Crippen molar-refractivity contribution in [2.45, 2.75) is 31.3 Å². The molecule has 0 radical (unpaired) electrons. The molecule has 1 aromatic rings. The molecular formula is C20H25N5O4. The molecule has 3 aliphatic heterocycles. The van der Waals surface area contributed by atoms with Crippen LogP contribution in [-0.2, 0) is 15.1 Å². The molecule has 0 bridgehead atoms. The standard InChI is InChI=1S/C20H25N5O4/c1-20(18(28)22-19(29)23-20)14-6-4-13(5-7-14)17(27)24-9-2-3-15(12-24)25-10-8-21-11-16(25)26/h4-7,15,21H,2-3,8-12H2,1H3,(H2,22,23,28,29). The highest BCUT2D eigenvalue weighted by atomic mass is 16.2. The van der Waals surface area contributed by atoms with Crippen molar-refractivity contribution in [2.24, 2.45) is 0 Å². The van der Waals surface area contributed by atoms with Crippen LogP contribution in [0.1, 0.15) is 35.7 Å². The molecule has 0 aliphatic carbocycles. The number of piperidine rings is 1. The molecule has 3 saturated heterocycles. The van der Waals surface area contributed by atoms with E-state index in [0.717, 1.165) is 19.4 Å². The zero-order chi connectivity index (χ0) is 20.6. The summed E-state index contributed by atoms with van der Waals surface area (Å²) in [5, 5.41) is 7.93. The number of likely N-dealkylation sites (tertiary alicyclic amines) is 1. The van der Waals surface area contributed by atoms with Crippen LogP contribution in [0.3, 0.4) is 0 Å². The van der Waals surface area contributed by atoms with E-state index < -0.39 is 17.5 Å². The number of nitrogens with zero attached hydrogens (tertiary/aromatic N) is 2. The summed E-state index contributed by atoms with van der Waals surface area (Å²) >= 11 is 0. The predicted octanol–water partition coefficient (Wildman–Crippen LogP) is -0.222. The van der Waals surface area contributed by atoms with E-state index in [2.05, 4.69) is 16.0 Å². The van der Waals surface area contributed by atoms with Crippen molar-refractivity contribution in [3.05, 3.63) is 35.4 Å². The van der Waals surface area contributed by atoms with Crippen molar-refractivity contribution in [3.8, 4) is 0 Å². The maximum Gasteiger partial charge on any atom is 0.322 e. The molecular weight excluding hydrogens is 374 g/mol. The Hall–Kier alpha value is -2.94. The third-order valence-corrected chi connectivity index (χ3v) is 6.00. The first-order chi connectivity index (χ1) is 13.9. The maximum atomic E-state index is 13.0. The highest BCUT2D eigenvalue weighted by Crippen LogP contribution is 2.25. The van der Waals surface area contributed by atoms with Gasteiger partial charge in [-0.25, -0.2) is 4.79 Å². The Kier molecular flexibility index (Phi) is 4.99. The van der Waals surface area contributed by atoms with E-state index in [0.29, 0.717) is 37.3 Å². The largest absolute Gasteiger partial charge is 0.337 e. The number of rotatable bonds is 3. The van der Waals surface area contributed by atoms with Gasteiger partial charge in [-0.2, -0.15) is 0 Å². The van der Waals surface area contributed by atoms with Gasteiger partial charge in [-0.1, -0.05) is 12.1 Å². The first-order valence-electron chi connectivity index (χ1n) is 9.92. The Bertz CT molecular complexity index is 855. The molecule has 29 heavy (non-hydrogen) atoms. The zero-order valence-corrected chi connectivity index (χ0v) is 16.4. The summed E-state index contributed by atoms with van der Waals surface area (Å²) < 4.78 is 0. The molecule has 5 amide bonds. The maximum absolute atomic E-state index is 13.0. The van der Waals surface area contributed by atoms with Crippen molar-refractivity contribution in [2.75, 3.05) is 32.7 Å². The SMILES string of the molecule is CC1(c2ccc(C(=O)N3CCCC(N4CCNCC4=O)C3)cc2)NC(=O)NC1=O. The summed E-state index contributed by atoms with van der Waals surface area (Å²) in [6.07, 6.45) is 1.76. The van der Waals surface area contributed by atoms with Crippen LogP contribution < -0.4 is 16.0 Å². The van der Waals surface area contributed by atoms with Crippen LogP contribution >= 0.6 is 0 Å². The fraction of sp³-hybridized carbons (Fsp3) is 0.500. The van der Waals surface area contributed by atoms with Gasteiger partial charge >= 0.3 is 6.03 Å². The highest BCUT2D eigenvalue weighted by molar-refractivity contribution is 6.07. The number of imide groups is 1. The summed E-state index contributed by atoms with van der Waals surface area (Å²) in [5.41, 5.74) is -0.00735. The Morgan fingerprint density at radius 2 is 1.90 bits per heavy atom. The number of hydrogen-bond acceptors (Lipinski definition) is 5. The minimum atomic E-state index is -1.14. The van der Waals surface area contributed by atoms with Crippen LogP contribution in [0.2, 0.25) is 0 Å². The summed E-state index contributed by atoms with van der Waals surface area (Å²) in [6, 6.07) is 6.28. The van der Waals surface area contributed by atoms with Gasteiger partial charge in [0.1, 0.15) is 5.54 Å². The van der Waals surface area contributed by atoms with Crippen LogP contribution in [0.15, 0.2) is 24.3 Å². The van der Waals surface area contributed by atoms with E-state index in [1.165, 1.54) is 0 Å². The molecule has 9 heteroatoms. The second-order valence-electron chi connectivity index (χ2n) is 7.92. The Balaban J connectivity index is 1.46. The number of benzene rings is 1. The second-order valence-corrected chi connectivity index (χ2v) is 7.92. The lowest BCUT2D eigenvalue weighted by Crippen LogP contribution is -2.57. The number of urea groups is 1. The number of carbonyl (C=O) groups excluding carboxylic acids is 4. The average Bonchev–Trinajstić information content (AvgIpc) is 3.00. The van der Waals surface area contributed by atoms with Gasteiger partial charge < -0.3 is 20.4 Å². The molecule has 0 aromatic heterocycles. The van der Waals surface area contributed by atoms with Crippen molar-refractivity contribution >= 4 is 23.8 Å². The molecule has 3 fully saturated rings. The molecule has 3 N–H and O–H groups in total. The van der Waals surface area contributed by atoms with E-state index in [-0.39, 0.29) is 17.9 Å². The molecule has 2 atom stereocenters. The van der Waals surface area contributed by atoms with Crippen LogP contribution in [0, 0.1) is 0 Å². The fourth-order valence-electron chi connectivity index (χ4n) is 4.28. The molecule has 0 saturated carbocycles. The molecule has 154 valence electrons. The average molecular weight is 399 g/mol. The molecule has 3 heterocycles. The number of amides is 5. The van der Waals surface area contributed by atoms with Gasteiger partial charge in [0.25, 0.3) is 11.8 Å². The second kappa shape index (κ2) is 7.47. The van der Waals surface area contributed by atoms with Crippen molar-refractivity contribution in [1.29, 1.82) is 0 Å². The quantitative estimate of drug-likeness (QED) is 0.609. The fourth-order valence-corrected chi connectivity index (χ4v) is 4.28. The molecule has 3 aliphatic rings. The molecule has 4 rings (SSSR count). The molecule has 2 unspecified atom stereocenters. The van der Waals surface area contributed by atoms with E-state index >= 15 is 0 Å². The number of carbonyl (C=O) groups is 4. The monoisotopic (exact) mass is 399 g/mol. The van der Waals surface area contributed by atoms with Crippen LogP contribution in [0.5, 0.6) is 0 Å². The topological polar surface area (TPSA) is 111 Å². The predicted molar refractivity (Wildman–Crippen MR) is 104 cm³/mol. The van der Waals surface area contributed by atoms with E-state index in [4.69, 9.17) is 0 Å². The Morgan fingerprint density at radius 1 is 1.14 bits per heavy atom. The summed E-state index contributed by atoms with van der Waals surface area (Å²) in [5.74, 6) is -0.417. The van der Waals surface area contributed by atoms with E-state index in [1.807, 2.05) is 4.90 Å². The number of piperazine rings is 1. The summed E-state index contributed by atoms with van der Waals surface area (Å²) in [6.45, 7) is 4.63. The third-order valence-electron chi connectivity index (χ3n) is 6.00. The van der Waals surface area contributed by atoms with Gasteiger partial charge in [-0.05, 0) is 37.5 Å². The van der Waals surface area contributed by atoms with Gasteiger partial charge in [0, 0.05) is 37.8 Å². The Labute approximate surface area is 168 Å². The van der Waals surface area contributed by atoms with Crippen molar-refractivity contribution in [1.82, 2.24) is 25.8 Å². The van der Waals surface area contributed by atoms with Crippen LogP contribution in [-0.4, -0.2) is 72.3 Å². The van der Waals surface area contributed by atoms with Gasteiger partial charge in [0.15, 0.2) is 0 Å². The molecule has 9 nitrogen and oxygen atoms in total. The zero-order valence-electron chi connectivity index (χ0n) is 16.4. The minimum absolute atomic E-state index is 0.0536. The van der Waals surface area contributed by atoms with Crippen molar-refractivity contribution < 1.29 is 19.2 Å². The highest BCUT2D eigenvalue weighted by Gasteiger charge is 2.43. The van der Waals surface area contributed by atoms with Gasteiger partial charge in [-0.3, -0.25) is 19.7 Å². The lowest BCUT2D eigenvalue weighted by molar-refractivity contribution is -0.135. The number of nitrogens with one attached hydrogen (secondary N) is 3. The minimum Gasteiger partial charge on any atom is -0.337 e. The summed E-state index contributed by atoms with van der Waals surface area (Å²) in [7, 11) is 0. The van der Waals surface area contributed by atoms with Crippen LogP contribution in [0.25, 0.3) is 0 Å². The molecule has 1 aromatic carbocycles. The lowest BCUT2D eigenvalue weighted by Gasteiger charge is -2.41. The first-order valence-corrected chi connectivity index (χ1v) is 9.92. The van der Waals surface area contributed by atoms with Crippen molar-refractivity contribution in [3.63, 3.8) is 0 Å². The van der Waals surface area contributed by atoms with Gasteiger partial charge in [0.05, 0.1) is 6.54 Å². The Morgan fingerprint density at radius 3 is 2.55 bits per heavy atom. The normalized spacial score (nSPS) is 27.6. The van der Waals surface area contributed by atoms with Gasteiger partial charge in [0.2, 0.25) is 5.91 Å². The van der Waals surface area contributed by atoms with E-state index in [1.54, 1.807) is 36.1 Å². The smallest absolute Gasteiger partial charge is 0.322 e. The van der Waals surface area contributed by atoms with E-state index in [9.17, 15) is 19.2 Å². The first kappa shape index (κ1) is 19.4. The third kappa shape index (κ3) is 3.57. The van der Waals surface area contributed by atoms with Gasteiger partial charge in [-0.15, -0.1) is 0 Å². The summed E-state index contributed by atoms with van der Waals surface area (Å²) in [4.78, 5) is 52.4. The number of hydrogen-bond donors (Lipinski definition) is 3. The van der Waals surface area contributed by atoms with Crippen LogP contribution in [0.4, 0.5) is 4.79 Å².